The van der Waals surface area contributed by atoms with E-state index in [4.69, 9.17) is 0 Å². The highest BCUT2D eigenvalue weighted by Gasteiger charge is 2.10. The van der Waals surface area contributed by atoms with Gasteiger partial charge in [0.25, 0.3) is 0 Å². The van der Waals surface area contributed by atoms with E-state index in [-0.39, 0.29) is 0 Å². The minimum Gasteiger partial charge on any atom is -0.253 e. The molecule has 0 bridgehead atoms. The fraction of sp³-hybridized carbons (Fsp3) is 0.400. The lowest BCUT2D eigenvalue weighted by atomic mass is 9.89. The zero-order chi connectivity index (χ0) is 11.7. The normalized spacial score (nSPS) is 13.3. The van der Waals surface area contributed by atoms with E-state index in [1.54, 1.807) is 0 Å². The lowest BCUT2D eigenvalue weighted by molar-refractivity contribution is 0.535. The zero-order valence-electron chi connectivity index (χ0n) is 10.5. The molecule has 1 aromatic carbocycles. The molecule has 0 spiro atoms. The second-order valence-electron chi connectivity index (χ2n) is 4.94. The Hall–Kier alpha value is -1.37. The van der Waals surface area contributed by atoms with Crippen molar-refractivity contribution in [2.75, 3.05) is 0 Å². The molecule has 0 amide bonds. The van der Waals surface area contributed by atoms with Crippen LogP contribution < -0.4 is 0 Å². The molecular weight excluding hydrogens is 194 g/mol. The van der Waals surface area contributed by atoms with Gasteiger partial charge in [-0.3, -0.25) is 4.98 Å². The van der Waals surface area contributed by atoms with Gasteiger partial charge in [0.05, 0.1) is 5.52 Å². The predicted molar refractivity (Wildman–Crippen MR) is 69.7 cm³/mol. The molecule has 0 aliphatic carbocycles. The van der Waals surface area contributed by atoms with E-state index in [1.807, 2.05) is 6.92 Å². The smallest absolute Gasteiger partial charge is 0.0705 e. The van der Waals surface area contributed by atoms with Crippen LogP contribution in [0, 0.1) is 12.8 Å². The Kier molecular flexibility index (Phi) is 2.95. The summed E-state index contributed by atoms with van der Waals surface area (Å²) in [5, 5.41) is 1.25. The maximum absolute atomic E-state index is 4.52. The van der Waals surface area contributed by atoms with Crippen molar-refractivity contribution in [3.8, 4) is 0 Å². The van der Waals surface area contributed by atoms with Crippen molar-refractivity contribution in [3.05, 3.63) is 41.6 Å². The average Bonchev–Trinajstić information content (AvgIpc) is 2.27. The molecule has 0 aliphatic heterocycles. The highest BCUT2D eigenvalue weighted by atomic mass is 14.7. The van der Waals surface area contributed by atoms with Gasteiger partial charge in [-0.25, -0.2) is 0 Å². The number of pyridine rings is 1. The van der Waals surface area contributed by atoms with Crippen LogP contribution in [0.4, 0.5) is 0 Å². The lowest BCUT2D eigenvalue weighted by Gasteiger charge is -2.16. The quantitative estimate of drug-likeness (QED) is 0.724. The number of benzene rings is 1. The van der Waals surface area contributed by atoms with Crippen LogP contribution in [0.2, 0.25) is 0 Å². The minimum absolute atomic E-state index is 0.603. The third kappa shape index (κ3) is 2.08. The second kappa shape index (κ2) is 4.25. The Morgan fingerprint density at radius 3 is 2.44 bits per heavy atom. The third-order valence-electron chi connectivity index (χ3n) is 3.38. The van der Waals surface area contributed by atoms with Crippen LogP contribution in [0.15, 0.2) is 30.3 Å². The highest BCUT2D eigenvalue weighted by Crippen LogP contribution is 2.26. The van der Waals surface area contributed by atoms with Crippen LogP contribution in [-0.2, 0) is 0 Å². The lowest BCUT2D eigenvalue weighted by Crippen LogP contribution is -2.01. The molecule has 16 heavy (non-hydrogen) atoms. The Balaban J connectivity index is 2.48. The first-order chi connectivity index (χ1) is 7.58. The van der Waals surface area contributed by atoms with Crippen molar-refractivity contribution < 1.29 is 0 Å². The molecule has 1 heterocycles. The Bertz CT molecular complexity index is 500. The van der Waals surface area contributed by atoms with Crippen molar-refractivity contribution in [1.29, 1.82) is 0 Å². The molecule has 0 saturated heterocycles. The average molecular weight is 213 g/mol. The molecule has 0 radical (unpaired) electrons. The van der Waals surface area contributed by atoms with Crippen molar-refractivity contribution in [2.45, 2.75) is 33.6 Å². The number of rotatable bonds is 2. The van der Waals surface area contributed by atoms with Gasteiger partial charge in [0.2, 0.25) is 0 Å². The molecule has 1 atom stereocenters. The van der Waals surface area contributed by atoms with Gasteiger partial charge in [-0.05, 0) is 42.5 Å². The monoisotopic (exact) mass is 213 g/mol. The summed E-state index contributed by atoms with van der Waals surface area (Å²) in [4.78, 5) is 4.52. The van der Waals surface area contributed by atoms with E-state index < -0.39 is 0 Å². The van der Waals surface area contributed by atoms with Crippen LogP contribution in [0.5, 0.6) is 0 Å². The molecule has 1 heteroatoms. The van der Waals surface area contributed by atoms with Gasteiger partial charge < -0.3 is 0 Å². The molecule has 2 rings (SSSR count). The Morgan fingerprint density at radius 1 is 1.00 bits per heavy atom. The standard InChI is InChI=1S/C15H19N/c1-10(2)12(4)13-7-8-15-14(9-13)6-5-11(3)16-15/h5-10,12H,1-4H3. The number of aromatic nitrogens is 1. The Labute approximate surface area is 97.5 Å². The van der Waals surface area contributed by atoms with Crippen molar-refractivity contribution >= 4 is 10.9 Å². The van der Waals surface area contributed by atoms with Gasteiger partial charge in [0.15, 0.2) is 0 Å². The van der Waals surface area contributed by atoms with Crippen LogP contribution >= 0.6 is 0 Å². The summed E-state index contributed by atoms with van der Waals surface area (Å²) in [6, 6.07) is 10.8. The largest absolute Gasteiger partial charge is 0.253 e. The molecule has 84 valence electrons. The fourth-order valence-electron chi connectivity index (χ4n) is 1.91. The van der Waals surface area contributed by atoms with E-state index in [2.05, 4.69) is 56.1 Å². The van der Waals surface area contributed by atoms with Crippen LogP contribution in [0.1, 0.15) is 37.9 Å². The van der Waals surface area contributed by atoms with Gasteiger partial charge in [0, 0.05) is 11.1 Å². The summed E-state index contributed by atoms with van der Waals surface area (Å²) in [5.41, 5.74) is 3.59. The van der Waals surface area contributed by atoms with Gasteiger partial charge in [-0.2, -0.15) is 0 Å². The Morgan fingerprint density at radius 2 is 1.75 bits per heavy atom. The zero-order valence-corrected chi connectivity index (χ0v) is 10.5. The van der Waals surface area contributed by atoms with Crippen molar-refractivity contribution in [2.24, 2.45) is 5.92 Å². The molecule has 0 aliphatic rings. The minimum atomic E-state index is 0.603. The van der Waals surface area contributed by atoms with Gasteiger partial charge in [-0.15, -0.1) is 0 Å². The van der Waals surface area contributed by atoms with Crippen LogP contribution in [0.25, 0.3) is 10.9 Å². The molecule has 0 saturated carbocycles. The summed E-state index contributed by atoms with van der Waals surface area (Å²) >= 11 is 0. The maximum atomic E-state index is 4.52. The van der Waals surface area contributed by atoms with Crippen molar-refractivity contribution in [3.63, 3.8) is 0 Å². The van der Waals surface area contributed by atoms with E-state index in [1.165, 1.54) is 10.9 Å². The van der Waals surface area contributed by atoms with E-state index in [0.717, 1.165) is 11.2 Å². The van der Waals surface area contributed by atoms with Crippen LogP contribution in [-0.4, -0.2) is 4.98 Å². The highest BCUT2D eigenvalue weighted by molar-refractivity contribution is 5.79. The number of hydrogen-bond donors (Lipinski definition) is 0. The molecule has 1 unspecified atom stereocenters. The molecule has 0 N–H and O–H groups in total. The number of aryl methyl sites for hydroxylation is 1. The van der Waals surface area contributed by atoms with Gasteiger partial charge in [-0.1, -0.05) is 32.9 Å². The molecule has 1 aromatic heterocycles. The molecular formula is C15H19N. The van der Waals surface area contributed by atoms with Crippen LogP contribution in [0.3, 0.4) is 0 Å². The summed E-state index contributed by atoms with van der Waals surface area (Å²) in [6.45, 7) is 8.85. The van der Waals surface area contributed by atoms with E-state index >= 15 is 0 Å². The number of hydrogen-bond acceptors (Lipinski definition) is 1. The maximum Gasteiger partial charge on any atom is 0.0705 e. The first-order valence-electron chi connectivity index (χ1n) is 5.95. The fourth-order valence-corrected chi connectivity index (χ4v) is 1.91. The molecule has 1 nitrogen and oxygen atoms in total. The number of fused-ring (bicyclic) bond motifs is 1. The first kappa shape index (κ1) is 11.1. The predicted octanol–water partition coefficient (Wildman–Crippen LogP) is 4.30. The topological polar surface area (TPSA) is 12.9 Å². The van der Waals surface area contributed by atoms with E-state index in [0.29, 0.717) is 11.8 Å². The van der Waals surface area contributed by atoms with E-state index in [9.17, 15) is 0 Å². The van der Waals surface area contributed by atoms with Crippen molar-refractivity contribution in [1.82, 2.24) is 4.98 Å². The first-order valence-corrected chi connectivity index (χ1v) is 5.95. The second-order valence-corrected chi connectivity index (χ2v) is 4.94. The summed E-state index contributed by atoms with van der Waals surface area (Å²) in [7, 11) is 0. The third-order valence-corrected chi connectivity index (χ3v) is 3.38. The molecule has 2 aromatic rings. The summed E-state index contributed by atoms with van der Waals surface area (Å²) in [6.07, 6.45) is 0. The number of nitrogens with zero attached hydrogens (tertiary/aromatic N) is 1. The SMILES string of the molecule is Cc1ccc2cc(C(C)C(C)C)ccc2n1. The van der Waals surface area contributed by atoms with Gasteiger partial charge in [0.1, 0.15) is 0 Å². The van der Waals surface area contributed by atoms with Gasteiger partial charge >= 0.3 is 0 Å². The summed E-state index contributed by atoms with van der Waals surface area (Å²) in [5.74, 6) is 1.28. The molecule has 0 fully saturated rings. The summed E-state index contributed by atoms with van der Waals surface area (Å²) < 4.78 is 0.